The number of nitrogens with one attached hydrogen (secondary N) is 1. The molecule has 0 aliphatic heterocycles. The maximum Gasteiger partial charge on any atom is 0.256 e. The van der Waals surface area contributed by atoms with Crippen molar-refractivity contribution in [3.05, 3.63) is 39.8 Å². The van der Waals surface area contributed by atoms with E-state index in [1.165, 1.54) is 0 Å². The monoisotopic (exact) mass is 320 g/mol. The number of rotatable bonds is 6. The Morgan fingerprint density at radius 1 is 1.41 bits per heavy atom. The third-order valence-corrected chi connectivity index (χ3v) is 3.48. The van der Waals surface area contributed by atoms with E-state index in [1.54, 1.807) is 24.7 Å². The minimum Gasteiger partial charge on any atom is -0.493 e. The van der Waals surface area contributed by atoms with Gasteiger partial charge in [-0.25, -0.2) is 4.98 Å². The summed E-state index contributed by atoms with van der Waals surface area (Å²) in [5.74, 6) is 1.22. The number of ether oxygens (including phenoxy) is 2. The molecule has 116 valence electrons. The van der Waals surface area contributed by atoms with Crippen LogP contribution >= 0.6 is 11.3 Å². The maximum atomic E-state index is 5.74. The maximum absolute atomic E-state index is 5.74. The highest BCUT2D eigenvalue weighted by atomic mass is 32.1. The Labute approximate surface area is 132 Å². The van der Waals surface area contributed by atoms with Crippen molar-refractivity contribution < 1.29 is 14.6 Å². The molecule has 0 saturated heterocycles. The van der Waals surface area contributed by atoms with E-state index in [-0.39, 0.29) is 5.96 Å². The van der Waals surface area contributed by atoms with Crippen molar-refractivity contribution in [2.45, 2.75) is 13.5 Å². The predicted molar refractivity (Wildman–Crippen MR) is 86.1 cm³/mol. The number of nitrogens with two attached hydrogens (primary N) is 2. The van der Waals surface area contributed by atoms with Crippen molar-refractivity contribution in [2.24, 2.45) is 16.6 Å². The lowest BCUT2D eigenvalue weighted by Crippen LogP contribution is -2.63. The molecule has 0 amide bonds. The van der Waals surface area contributed by atoms with Crippen LogP contribution in [0.4, 0.5) is 0 Å². The van der Waals surface area contributed by atoms with Gasteiger partial charge in [0, 0.05) is 16.0 Å². The van der Waals surface area contributed by atoms with E-state index in [9.17, 15) is 0 Å². The summed E-state index contributed by atoms with van der Waals surface area (Å²) in [6, 6.07) is 5.50. The summed E-state index contributed by atoms with van der Waals surface area (Å²) in [7, 11) is 1.59. The predicted octanol–water partition coefficient (Wildman–Crippen LogP) is -0.273. The van der Waals surface area contributed by atoms with Gasteiger partial charge in [0.05, 0.1) is 17.8 Å². The first-order valence-electron chi connectivity index (χ1n) is 6.47. The SMILES string of the molecule is COc1cc(/C=[NH+]/N=C(N)N)ccc1OCc1csc(C)n1. The molecule has 1 heterocycles. The molecule has 0 fully saturated rings. The number of thiazole rings is 1. The molecule has 2 rings (SSSR count). The number of hydrogen-bond acceptors (Lipinski definition) is 5. The number of nitrogens with zero attached hydrogens (tertiary/aromatic N) is 2. The minimum absolute atomic E-state index is 0.0401. The van der Waals surface area contributed by atoms with Crippen LogP contribution in [0.2, 0.25) is 0 Å². The van der Waals surface area contributed by atoms with Gasteiger partial charge < -0.3 is 20.9 Å². The number of guanidine groups is 1. The smallest absolute Gasteiger partial charge is 0.256 e. The van der Waals surface area contributed by atoms with Crippen LogP contribution < -0.4 is 26.0 Å². The van der Waals surface area contributed by atoms with Gasteiger partial charge in [-0.2, -0.15) is 0 Å². The molecule has 0 aliphatic carbocycles. The fourth-order valence-corrected chi connectivity index (χ4v) is 2.30. The highest BCUT2D eigenvalue weighted by molar-refractivity contribution is 7.09. The summed E-state index contributed by atoms with van der Waals surface area (Å²) in [6.07, 6.45) is 1.65. The fourth-order valence-electron chi connectivity index (χ4n) is 1.70. The molecule has 0 radical (unpaired) electrons. The second kappa shape index (κ2) is 7.41. The molecule has 0 bridgehead atoms. The number of aryl methyl sites for hydroxylation is 1. The molecule has 0 spiro atoms. The van der Waals surface area contributed by atoms with Crippen molar-refractivity contribution in [3.8, 4) is 11.5 Å². The lowest BCUT2D eigenvalue weighted by atomic mass is 10.2. The van der Waals surface area contributed by atoms with Crippen LogP contribution in [-0.4, -0.2) is 24.3 Å². The number of hydrogen-bond donors (Lipinski definition) is 3. The van der Waals surface area contributed by atoms with E-state index in [4.69, 9.17) is 20.9 Å². The Balaban J connectivity index is 2.08. The average Bonchev–Trinajstić information content (AvgIpc) is 2.91. The fraction of sp³-hybridized carbons (Fsp3) is 0.214. The zero-order valence-corrected chi connectivity index (χ0v) is 13.2. The molecule has 2 aromatic rings. The van der Waals surface area contributed by atoms with Crippen molar-refractivity contribution in [2.75, 3.05) is 7.11 Å². The number of hydrazone groups is 1. The minimum atomic E-state index is -0.0401. The van der Waals surface area contributed by atoms with Gasteiger partial charge in [0.1, 0.15) is 6.61 Å². The van der Waals surface area contributed by atoms with Crippen LogP contribution in [-0.2, 0) is 6.61 Å². The average molecular weight is 320 g/mol. The summed E-state index contributed by atoms with van der Waals surface area (Å²) >= 11 is 1.59. The highest BCUT2D eigenvalue weighted by Gasteiger charge is 2.07. The van der Waals surface area contributed by atoms with Crippen molar-refractivity contribution in [3.63, 3.8) is 0 Å². The van der Waals surface area contributed by atoms with Crippen molar-refractivity contribution >= 4 is 23.5 Å². The second-order valence-corrected chi connectivity index (χ2v) is 5.43. The van der Waals surface area contributed by atoms with Crippen LogP contribution in [0.25, 0.3) is 0 Å². The molecule has 0 atom stereocenters. The first-order chi connectivity index (χ1) is 10.6. The van der Waals surface area contributed by atoms with Crippen LogP contribution in [0.1, 0.15) is 16.3 Å². The van der Waals surface area contributed by atoms with Crippen LogP contribution in [0, 0.1) is 6.92 Å². The Morgan fingerprint density at radius 3 is 2.86 bits per heavy atom. The molecule has 5 N–H and O–H groups in total. The van der Waals surface area contributed by atoms with Gasteiger partial charge in [-0.05, 0) is 25.1 Å². The third-order valence-electron chi connectivity index (χ3n) is 2.65. The quantitative estimate of drug-likeness (QED) is 0.385. The van der Waals surface area contributed by atoms with Gasteiger partial charge in [-0.3, -0.25) is 0 Å². The molecule has 1 aromatic heterocycles. The van der Waals surface area contributed by atoms with Crippen molar-refractivity contribution in [1.82, 2.24) is 4.98 Å². The van der Waals surface area contributed by atoms with Gasteiger partial charge in [0.25, 0.3) is 5.96 Å². The summed E-state index contributed by atoms with van der Waals surface area (Å²) in [5, 5.41) is 9.29. The zero-order valence-electron chi connectivity index (χ0n) is 12.4. The zero-order chi connectivity index (χ0) is 15.9. The summed E-state index contributed by atoms with van der Waals surface area (Å²) in [4.78, 5) is 4.35. The standard InChI is InChI=1S/C14H17N5O2S/c1-9-18-11(8-22-9)7-21-12-4-3-10(5-13(12)20-2)6-17-19-14(15)16/h3-6,8H,7H2,1-2H3,(H4,15,16,19)/p+1/b17-6+. The normalized spacial score (nSPS) is 10.6. The van der Waals surface area contributed by atoms with Gasteiger partial charge in [0.2, 0.25) is 6.21 Å². The second-order valence-electron chi connectivity index (χ2n) is 4.37. The summed E-state index contributed by atoms with van der Waals surface area (Å²) < 4.78 is 11.1. The molecular formula is C14H18N5O2S+. The number of benzene rings is 1. The van der Waals surface area contributed by atoms with E-state index in [0.29, 0.717) is 18.1 Å². The summed E-state index contributed by atoms with van der Waals surface area (Å²) in [5.41, 5.74) is 12.2. The lowest BCUT2D eigenvalue weighted by molar-refractivity contribution is -0.456. The number of methoxy groups -OCH3 is 1. The first kappa shape index (κ1) is 15.8. The molecule has 0 saturated carbocycles. The van der Waals surface area contributed by atoms with Crippen LogP contribution in [0.3, 0.4) is 0 Å². The van der Waals surface area contributed by atoms with E-state index in [2.05, 4.69) is 15.2 Å². The van der Waals surface area contributed by atoms with Crippen LogP contribution in [0.15, 0.2) is 28.7 Å². The van der Waals surface area contributed by atoms with Crippen LogP contribution in [0.5, 0.6) is 11.5 Å². The molecule has 0 unspecified atom stereocenters. The highest BCUT2D eigenvalue weighted by Crippen LogP contribution is 2.28. The van der Waals surface area contributed by atoms with Gasteiger partial charge in [0.15, 0.2) is 11.5 Å². The van der Waals surface area contributed by atoms with E-state index >= 15 is 0 Å². The Morgan fingerprint density at radius 2 is 2.23 bits per heavy atom. The summed E-state index contributed by atoms with van der Waals surface area (Å²) in [6.45, 7) is 2.36. The molecular weight excluding hydrogens is 302 g/mol. The van der Waals surface area contributed by atoms with Gasteiger partial charge >= 0.3 is 0 Å². The number of aromatic nitrogens is 1. The van der Waals surface area contributed by atoms with Gasteiger partial charge in [-0.15, -0.1) is 16.4 Å². The Bertz CT molecular complexity index is 692. The van der Waals surface area contributed by atoms with Crippen molar-refractivity contribution in [1.29, 1.82) is 0 Å². The first-order valence-corrected chi connectivity index (χ1v) is 7.35. The third kappa shape index (κ3) is 4.45. The molecule has 7 nitrogen and oxygen atoms in total. The molecule has 1 aromatic carbocycles. The Kier molecular flexibility index (Phi) is 5.31. The molecule has 0 aliphatic rings. The Hall–Kier alpha value is -2.61. The molecule has 22 heavy (non-hydrogen) atoms. The van der Waals surface area contributed by atoms with E-state index in [1.807, 2.05) is 30.5 Å². The molecule has 8 heteroatoms. The topological polar surface area (TPSA) is 110 Å². The lowest BCUT2D eigenvalue weighted by Gasteiger charge is -2.09. The van der Waals surface area contributed by atoms with Gasteiger partial charge in [-0.1, -0.05) is 0 Å². The van der Waals surface area contributed by atoms with E-state index in [0.717, 1.165) is 16.3 Å². The largest absolute Gasteiger partial charge is 0.493 e. The van der Waals surface area contributed by atoms with E-state index < -0.39 is 0 Å².